The zero-order chi connectivity index (χ0) is 15.4. The first kappa shape index (κ1) is 16.9. The molecule has 20 heavy (non-hydrogen) atoms. The van der Waals surface area contributed by atoms with Crippen molar-refractivity contribution in [3.63, 3.8) is 0 Å². The fourth-order valence-electron chi connectivity index (χ4n) is 1.58. The highest BCUT2D eigenvalue weighted by molar-refractivity contribution is 7.86. The van der Waals surface area contributed by atoms with Crippen molar-refractivity contribution >= 4 is 25.9 Å². The summed E-state index contributed by atoms with van der Waals surface area (Å²) in [6.07, 6.45) is 0. The molecule has 0 heterocycles. The van der Waals surface area contributed by atoms with Crippen LogP contribution in [0.25, 0.3) is 0 Å². The molecule has 1 aromatic rings. The Bertz CT molecular complexity index is 600. The number of aryl methyl sites for hydroxylation is 1. The summed E-state index contributed by atoms with van der Waals surface area (Å²) in [6.45, 7) is 1.74. The Balaban J connectivity index is 2.86. The Morgan fingerprint density at radius 1 is 0.900 bits per heavy atom. The first-order valence-corrected chi connectivity index (χ1v) is 9.00. The van der Waals surface area contributed by atoms with Gasteiger partial charge in [0.15, 0.2) is 0 Å². The van der Waals surface area contributed by atoms with Gasteiger partial charge in [-0.15, -0.1) is 0 Å². The summed E-state index contributed by atoms with van der Waals surface area (Å²) in [7, 11) is -8.29. The predicted molar refractivity (Wildman–Crippen MR) is 76.2 cm³/mol. The monoisotopic (exact) mass is 323 g/mol. The van der Waals surface area contributed by atoms with Crippen LogP contribution in [0.15, 0.2) is 24.3 Å². The van der Waals surface area contributed by atoms with E-state index in [2.05, 4.69) is 0 Å². The topological polar surface area (TPSA) is 112 Å². The Morgan fingerprint density at radius 2 is 1.30 bits per heavy atom. The first-order valence-electron chi connectivity index (χ1n) is 5.79. The Kier molecular flexibility index (Phi) is 5.51. The van der Waals surface area contributed by atoms with Crippen LogP contribution in [0.5, 0.6) is 0 Å². The molecule has 9 heteroatoms. The van der Waals surface area contributed by atoms with E-state index < -0.39 is 31.7 Å². The van der Waals surface area contributed by atoms with E-state index in [1.807, 2.05) is 6.92 Å². The third-order valence-electron chi connectivity index (χ3n) is 2.64. The van der Waals surface area contributed by atoms with Gasteiger partial charge in [-0.1, -0.05) is 17.7 Å². The summed E-state index contributed by atoms with van der Waals surface area (Å²) in [6, 6.07) is 7.01. The normalized spacial score (nSPS) is 12.3. The first-order chi connectivity index (χ1) is 9.07. The molecule has 0 amide bonds. The number of hydrogen-bond acceptors (Lipinski definition) is 5. The van der Waals surface area contributed by atoms with Gasteiger partial charge in [0.2, 0.25) is 0 Å². The molecule has 0 aromatic heterocycles. The predicted octanol–water partition coefficient (Wildman–Crippen LogP) is 0.577. The molecule has 114 valence electrons. The summed E-state index contributed by atoms with van der Waals surface area (Å²) in [4.78, 5) is 1.47. The Hall–Kier alpha value is -1.16. The SMILES string of the molecule is Cc1ccc(N(CCS(=O)(=O)O)CCS(=O)(=O)O)cc1. The van der Waals surface area contributed by atoms with E-state index in [-0.39, 0.29) is 13.1 Å². The lowest BCUT2D eigenvalue weighted by atomic mass is 10.2. The average Bonchev–Trinajstić information content (AvgIpc) is 2.28. The van der Waals surface area contributed by atoms with Crippen molar-refractivity contribution < 1.29 is 25.9 Å². The number of rotatable bonds is 7. The maximum atomic E-state index is 10.8. The van der Waals surface area contributed by atoms with E-state index >= 15 is 0 Å². The van der Waals surface area contributed by atoms with Gasteiger partial charge < -0.3 is 4.90 Å². The van der Waals surface area contributed by atoms with Gasteiger partial charge in [-0.05, 0) is 19.1 Å². The van der Waals surface area contributed by atoms with Gasteiger partial charge >= 0.3 is 0 Å². The highest BCUT2D eigenvalue weighted by Crippen LogP contribution is 2.15. The van der Waals surface area contributed by atoms with Crippen molar-refractivity contribution in [2.75, 3.05) is 29.5 Å². The molecule has 0 saturated carbocycles. The van der Waals surface area contributed by atoms with Crippen LogP contribution in [0.3, 0.4) is 0 Å². The van der Waals surface area contributed by atoms with Gasteiger partial charge in [0.05, 0.1) is 11.5 Å². The van der Waals surface area contributed by atoms with Crippen molar-refractivity contribution in [2.24, 2.45) is 0 Å². The van der Waals surface area contributed by atoms with Crippen LogP contribution < -0.4 is 4.90 Å². The van der Waals surface area contributed by atoms with Crippen molar-refractivity contribution in [3.05, 3.63) is 29.8 Å². The molecule has 0 aliphatic carbocycles. The van der Waals surface area contributed by atoms with Crippen molar-refractivity contribution in [2.45, 2.75) is 6.92 Å². The molecule has 0 aliphatic rings. The van der Waals surface area contributed by atoms with Crippen LogP contribution in [0.1, 0.15) is 5.56 Å². The van der Waals surface area contributed by atoms with Crippen LogP contribution in [-0.2, 0) is 20.2 Å². The van der Waals surface area contributed by atoms with Gasteiger partial charge in [0, 0.05) is 18.8 Å². The van der Waals surface area contributed by atoms with Crippen LogP contribution in [0, 0.1) is 6.92 Å². The summed E-state index contributed by atoms with van der Waals surface area (Å²) < 4.78 is 60.7. The van der Waals surface area contributed by atoms with E-state index in [1.54, 1.807) is 24.3 Å². The third kappa shape index (κ3) is 6.85. The molecule has 0 atom stereocenters. The number of nitrogens with zero attached hydrogens (tertiary/aromatic N) is 1. The molecule has 1 aromatic carbocycles. The number of benzene rings is 1. The molecule has 0 aliphatic heterocycles. The van der Waals surface area contributed by atoms with Crippen molar-refractivity contribution in [1.82, 2.24) is 0 Å². The molecule has 0 radical (unpaired) electrons. The minimum absolute atomic E-state index is 0.0720. The molecule has 0 fully saturated rings. The quantitative estimate of drug-likeness (QED) is 0.706. The lowest BCUT2D eigenvalue weighted by Gasteiger charge is -2.23. The second-order valence-corrected chi connectivity index (χ2v) is 7.54. The minimum Gasteiger partial charge on any atom is -0.369 e. The summed E-state index contributed by atoms with van der Waals surface area (Å²) in [5.74, 6) is -1.04. The van der Waals surface area contributed by atoms with Crippen LogP contribution in [0.4, 0.5) is 5.69 Å². The standard InChI is InChI=1S/C11H17NO6S2/c1-10-2-4-11(5-3-10)12(6-8-19(13,14)15)7-9-20(16,17)18/h2-5H,6-9H2,1H3,(H,13,14,15)(H,16,17,18). The summed E-state index contributed by atoms with van der Waals surface area (Å²) in [5.41, 5.74) is 1.61. The molecule has 0 unspecified atom stereocenters. The summed E-state index contributed by atoms with van der Waals surface area (Å²) in [5, 5.41) is 0. The summed E-state index contributed by atoms with van der Waals surface area (Å²) >= 11 is 0. The van der Waals surface area contributed by atoms with Gasteiger partial charge in [-0.25, -0.2) is 0 Å². The maximum Gasteiger partial charge on any atom is 0.266 e. The van der Waals surface area contributed by atoms with Gasteiger partial charge in [0.25, 0.3) is 20.2 Å². The fourth-order valence-corrected chi connectivity index (χ4v) is 2.48. The van der Waals surface area contributed by atoms with E-state index in [1.165, 1.54) is 4.90 Å². The van der Waals surface area contributed by atoms with Crippen LogP contribution in [-0.4, -0.2) is 50.5 Å². The fraction of sp³-hybridized carbons (Fsp3) is 0.455. The lowest BCUT2D eigenvalue weighted by Crippen LogP contribution is -2.33. The van der Waals surface area contributed by atoms with Gasteiger partial charge in [0.1, 0.15) is 0 Å². The molecule has 0 bridgehead atoms. The largest absolute Gasteiger partial charge is 0.369 e. The number of anilines is 1. The molecule has 7 nitrogen and oxygen atoms in total. The second kappa shape index (κ2) is 6.53. The highest BCUT2D eigenvalue weighted by Gasteiger charge is 2.14. The van der Waals surface area contributed by atoms with E-state index in [0.717, 1.165) is 5.56 Å². The van der Waals surface area contributed by atoms with Crippen LogP contribution in [0.2, 0.25) is 0 Å². The maximum absolute atomic E-state index is 10.8. The molecule has 0 spiro atoms. The van der Waals surface area contributed by atoms with Crippen molar-refractivity contribution in [3.8, 4) is 0 Å². The zero-order valence-electron chi connectivity index (χ0n) is 10.9. The average molecular weight is 323 g/mol. The van der Waals surface area contributed by atoms with Crippen molar-refractivity contribution in [1.29, 1.82) is 0 Å². The molecule has 0 saturated heterocycles. The molecule has 2 N–H and O–H groups in total. The lowest BCUT2D eigenvalue weighted by molar-refractivity contribution is 0.482. The molecular weight excluding hydrogens is 306 g/mol. The molecular formula is C11H17NO6S2. The number of hydrogen-bond donors (Lipinski definition) is 2. The minimum atomic E-state index is -4.14. The smallest absolute Gasteiger partial charge is 0.266 e. The van der Waals surface area contributed by atoms with Crippen LogP contribution >= 0.6 is 0 Å². The van der Waals surface area contributed by atoms with E-state index in [0.29, 0.717) is 5.69 Å². The highest BCUT2D eigenvalue weighted by atomic mass is 32.2. The zero-order valence-corrected chi connectivity index (χ0v) is 12.6. The van der Waals surface area contributed by atoms with Gasteiger partial charge in [-0.2, -0.15) is 16.8 Å². The third-order valence-corrected chi connectivity index (χ3v) is 4.03. The Morgan fingerprint density at radius 3 is 1.65 bits per heavy atom. The van der Waals surface area contributed by atoms with E-state index in [9.17, 15) is 16.8 Å². The Labute approximate surface area is 118 Å². The molecule has 1 rings (SSSR count). The van der Waals surface area contributed by atoms with Gasteiger partial charge in [-0.3, -0.25) is 9.11 Å². The second-order valence-electron chi connectivity index (χ2n) is 4.39. The van der Waals surface area contributed by atoms with E-state index in [4.69, 9.17) is 9.11 Å².